The standard InChI is InChI=1S/C20H18N6OS/c1-13-6-9-25-17(10-13)22-15(11-18(25)27)12-28-20-24-23-19(26(20)16-2-3-16)14-4-7-21-8-5-14/h4-11,16H,2-3,12H2,1H3. The van der Waals surface area contributed by atoms with E-state index in [0.717, 1.165) is 40.6 Å². The molecule has 7 nitrogen and oxygen atoms in total. The van der Waals surface area contributed by atoms with E-state index in [9.17, 15) is 4.79 Å². The third kappa shape index (κ3) is 3.20. The molecule has 0 radical (unpaired) electrons. The van der Waals surface area contributed by atoms with Gasteiger partial charge in [-0.15, -0.1) is 10.2 Å². The summed E-state index contributed by atoms with van der Waals surface area (Å²) in [5, 5.41) is 9.69. The lowest BCUT2D eigenvalue weighted by Crippen LogP contribution is -2.15. The molecule has 0 amide bonds. The van der Waals surface area contributed by atoms with Gasteiger partial charge in [-0.3, -0.25) is 18.7 Å². The molecule has 0 aliphatic heterocycles. The van der Waals surface area contributed by atoms with Crippen molar-refractivity contribution in [3.63, 3.8) is 0 Å². The minimum Gasteiger partial charge on any atom is -0.299 e. The second kappa shape index (κ2) is 6.87. The molecule has 4 aromatic heterocycles. The van der Waals surface area contributed by atoms with Crippen LogP contribution in [0.4, 0.5) is 0 Å². The molecule has 5 rings (SSSR count). The summed E-state index contributed by atoms with van der Waals surface area (Å²) in [7, 11) is 0. The Morgan fingerprint density at radius 2 is 1.96 bits per heavy atom. The average Bonchev–Trinajstić information content (AvgIpc) is 3.45. The van der Waals surface area contributed by atoms with Crippen LogP contribution in [0.1, 0.15) is 30.1 Å². The third-order valence-corrected chi connectivity index (χ3v) is 5.72. The van der Waals surface area contributed by atoms with Gasteiger partial charge in [0, 0.05) is 42.0 Å². The van der Waals surface area contributed by atoms with E-state index in [1.54, 1.807) is 40.8 Å². The summed E-state index contributed by atoms with van der Waals surface area (Å²) in [5.41, 5.74) is 3.44. The van der Waals surface area contributed by atoms with Crippen molar-refractivity contribution in [2.24, 2.45) is 0 Å². The number of hydrogen-bond donors (Lipinski definition) is 0. The van der Waals surface area contributed by atoms with E-state index in [1.807, 2.05) is 31.2 Å². The van der Waals surface area contributed by atoms with Crippen LogP contribution in [0.15, 0.2) is 58.9 Å². The summed E-state index contributed by atoms with van der Waals surface area (Å²) in [6, 6.07) is 9.76. The van der Waals surface area contributed by atoms with E-state index in [2.05, 4.69) is 24.7 Å². The first-order valence-corrected chi connectivity index (χ1v) is 10.1. The number of nitrogens with zero attached hydrogens (tertiary/aromatic N) is 6. The lowest BCUT2D eigenvalue weighted by atomic mass is 10.2. The Kier molecular flexibility index (Phi) is 4.20. The van der Waals surface area contributed by atoms with Crippen LogP contribution in [-0.4, -0.2) is 29.1 Å². The number of aryl methyl sites for hydroxylation is 1. The van der Waals surface area contributed by atoms with Gasteiger partial charge < -0.3 is 0 Å². The van der Waals surface area contributed by atoms with Crippen molar-refractivity contribution in [1.29, 1.82) is 0 Å². The number of thioether (sulfide) groups is 1. The molecule has 0 aromatic carbocycles. The van der Waals surface area contributed by atoms with Crippen LogP contribution in [0.3, 0.4) is 0 Å². The predicted octanol–water partition coefficient (Wildman–Crippen LogP) is 3.28. The van der Waals surface area contributed by atoms with Gasteiger partial charge in [-0.25, -0.2) is 4.98 Å². The van der Waals surface area contributed by atoms with Crippen LogP contribution in [0.25, 0.3) is 17.0 Å². The number of hydrogen-bond acceptors (Lipinski definition) is 6. The zero-order valence-corrected chi connectivity index (χ0v) is 16.1. The van der Waals surface area contributed by atoms with Crippen molar-refractivity contribution in [2.75, 3.05) is 0 Å². The fourth-order valence-electron chi connectivity index (χ4n) is 3.20. The Labute approximate surface area is 165 Å². The molecule has 0 N–H and O–H groups in total. The van der Waals surface area contributed by atoms with Crippen LogP contribution >= 0.6 is 11.8 Å². The van der Waals surface area contributed by atoms with E-state index in [-0.39, 0.29) is 5.56 Å². The Bertz CT molecular complexity index is 1210. The Morgan fingerprint density at radius 1 is 1.14 bits per heavy atom. The molecule has 0 saturated heterocycles. The number of rotatable bonds is 5. The Balaban J connectivity index is 1.45. The normalized spacial score (nSPS) is 13.9. The lowest BCUT2D eigenvalue weighted by molar-refractivity contribution is 0.669. The summed E-state index contributed by atoms with van der Waals surface area (Å²) in [5.74, 6) is 1.44. The second-order valence-corrected chi connectivity index (χ2v) is 7.89. The van der Waals surface area contributed by atoms with Crippen molar-refractivity contribution in [3.05, 3.63) is 70.5 Å². The van der Waals surface area contributed by atoms with Crippen LogP contribution in [0.2, 0.25) is 0 Å². The van der Waals surface area contributed by atoms with Gasteiger partial charge in [-0.2, -0.15) is 0 Å². The summed E-state index contributed by atoms with van der Waals surface area (Å²) in [6.45, 7) is 1.99. The smallest absolute Gasteiger partial charge is 0.258 e. The maximum atomic E-state index is 12.4. The highest BCUT2D eigenvalue weighted by Crippen LogP contribution is 2.41. The Hall–Kier alpha value is -3.00. The van der Waals surface area contributed by atoms with Crippen molar-refractivity contribution < 1.29 is 0 Å². The topological polar surface area (TPSA) is 78.0 Å². The molecule has 1 aliphatic carbocycles. The molecule has 1 fully saturated rings. The molecular formula is C20H18N6OS. The monoisotopic (exact) mass is 390 g/mol. The van der Waals surface area contributed by atoms with E-state index >= 15 is 0 Å². The van der Waals surface area contributed by atoms with Gasteiger partial charge in [0.05, 0.1) is 5.69 Å². The van der Waals surface area contributed by atoms with Crippen LogP contribution in [0.5, 0.6) is 0 Å². The highest BCUT2D eigenvalue weighted by atomic mass is 32.2. The predicted molar refractivity (Wildman–Crippen MR) is 107 cm³/mol. The molecule has 28 heavy (non-hydrogen) atoms. The molecule has 8 heteroatoms. The molecule has 0 atom stereocenters. The highest BCUT2D eigenvalue weighted by Gasteiger charge is 2.30. The zero-order valence-electron chi connectivity index (χ0n) is 15.3. The minimum atomic E-state index is -0.0678. The maximum Gasteiger partial charge on any atom is 0.258 e. The number of aromatic nitrogens is 6. The van der Waals surface area contributed by atoms with Gasteiger partial charge in [0.25, 0.3) is 5.56 Å². The van der Waals surface area contributed by atoms with E-state index < -0.39 is 0 Å². The molecule has 1 saturated carbocycles. The molecule has 140 valence electrons. The SMILES string of the molecule is Cc1ccn2c(=O)cc(CSc3nnc(-c4ccncc4)n3C3CC3)nc2c1. The molecule has 1 aliphatic rings. The van der Waals surface area contributed by atoms with Crippen molar-refractivity contribution in [1.82, 2.24) is 29.1 Å². The quantitative estimate of drug-likeness (QED) is 0.487. The third-order valence-electron chi connectivity index (χ3n) is 4.74. The second-order valence-electron chi connectivity index (χ2n) is 6.95. The van der Waals surface area contributed by atoms with Crippen LogP contribution in [-0.2, 0) is 5.75 Å². The zero-order chi connectivity index (χ0) is 19.1. The number of fused-ring (bicyclic) bond motifs is 1. The van der Waals surface area contributed by atoms with Crippen molar-refractivity contribution >= 4 is 17.4 Å². The van der Waals surface area contributed by atoms with Crippen LogP contribution < -0.4 is 5.56 Å². The average molecular weight is 390 g/mol. The van der Waals surface area contributed by atoms with Gasteiger partial charge in [-0.05, 0) is 49.6 Å². The first-order valence-electron chi connectivity index (χ1n) is 9.16. The molecular weight excluding hydrogens is 372 g/mol. The fraction of sp³-hybridized carbons (Fsp3) is 0.250. The van der Waals surface area contributed by atoms with Crippen LogP contribution in [0, 0.1) is 6.92 Å². The largest absolute Gasteiger partial charge is 0.299 e. The fourth-order valence-corrected chi connectivity index (χ4v) is 4.10. The number of pyridine rings is 2. The van der Waals surface area contributed by atoms with Gasteiger partial charge in [0.2, 0.25) is 0 Å². The molecule has 4 heterocycles. The van der Waals surface area contributed by atoms with Crippen molar-refractivity contribution in [2.45, 2.75) is 36.7 Å². The highest BCUT2D eigenvalue weighted by molar-refractivity contribution is 7.98. The first kappa shape index (κ1) is 17.1. The molecule has 0 bridgehead atoms. The van der Waals surface area contributed by atoms with Gasteiger partial charge in [0.15, 0.2) is 11.0 Å². The maximum absolute atomic E-state index is 12.4. The Morgan fingerprint density at radius 3 is 2.75 bits per heavy atom. The molecule has 0 spiro atoms. The summed E-state index contributed by atoms with van der Waals surface area (Å²) >= 11 is 1.57. The molecule has 0 unspecified atom stereocenters. The minimum absolute atomic E-state index is 0.0678. The van der Waals surface area contributed by atoms with Crippen molar-refractivity contribution in [3.8, 4) is 11.4 Å². The van der Waals surface area contributed by atoms with Gasteiger partial charge in [0.1, 0.15) is 5.65 Å². The summed E-state index contributed by atoms with van der Waals surface area (Å²) in [4.78, 5) is 21.1. The van der Waals surface area contributed by atoms with Gasteiger partial charge >= 0.3 is 0 Å². The lowest BCUT2D eigenvalue weighted by Gasteiger charge is -2.09. The summed E-state index contributed by atoms with van der Waals surface area (Å²) < 4.78 is 3.77. The van der Waals surface area contributed by atoms with E-state index in [0.29, 0.717) is 17.4 Å². The molecule has 4 aromatic rings. The van der Waals surface area contributed by atoms with E-state index in [4.69, 9.17) is 0 Å². The summed E-state index contributed by atoms with van der Waals surface area (Å²) in [6.07, 6.45) is 7.57. The van der Waals surface area contributed by atoms with Gasteiger partial charge in [-0.1, -0.05) is 11.8 Å². The van der Waals surface area contributed by atoms with E-state index in [1.165, 1.54) is 0 Å². The first-order chi connectivity index (χ1) is 13.7.